The van der Waals surface area contributed by atoms with Crippen molar-refractivity contribution in [2.24, 2.45) is 0 Å². The predicted octanol–water partition coefficient (Wildman–Crippen LogP) is 4.56. The molecule has 0 unspecified atom stereocenters. The summed E-state index contributed by atoms with van der Waals surface area (Å²) in [6, 6.07) is 6.48. The normalized spacial score (nSPS) is 24.6. The van der Waals surface area contributed by atoms with Crippen LogP contribution >= 0.6 is 0 Å². The highest BCUT2D eigenvalue weighted by Gasteiger charge is 2.46. The third-order valence-electron chi connectivity index (χ3n) is 5.28. The molecule has 1 atom stereocenters. The average Bonchev–Trinajstić information content (AvgIpc) is 2.40. The zero-order chi connectivity index (χ0) is 14.3. The summed E-state index contributed by atoms with van der Waals surface area (Å²) in [6.07, 6.45) is 7.32. The summed E-state index contributed by atoms with van der Waals surface area (Å²) in [7, 11) is 0. The summed E-state index contributed by atoms with van der Waals surface area (Å²) in [5, 5.41) is 0. The van der Waals surface area contributed by atoms with Crippen LogP contribution in [0.25, 0.3) is 0 Å². The van der Waals surface area contributed by atoms with E-state index in [1.807, 2.05) is 0 Å². The minimum absolute atomic E-state index is 0.0859. The van der Waals surface area contributed by atoms with E-state index in [1.165, 1.54) is 48.9 Å². The number of nitrogens with zero attached hydrogens (tertiary/aromatic N) is 1. The largest absolute Gasteiger partial charge is 0.306 e. The standard InChI is InChI=1S/C18H25NO/c1-13-8-7-9-16-14(2)12-18(10-5-4-6-11-18)19(15(3)20)17(13)16/h7-9,14H,4-6,10-12H2,1-3H3/t14-/m1/s1. The van der Waals surface area contributed by atoms with Crippen molar-refractivity contribution in [3.63, 3.8) is 0 Å². The summed E-state index contributed by atoms with van der Waals surface area (Å²) in [5.41, 5.74) is 3.90. The summed E-state index contributed by atoms with van der Waals surface area (Å²) in [5.74, 6) is 0.771. The summed E-state index contributed by atoms with van der Waals surface area (Å²) in [4.78, 5) is 14.6. The van der Waals surface area contributed by atoms with Gasteiger partial charge in [-0.05, 0) is 43.2 Å². The molecule has 2 nitrogen and oxygen atoms in total. The highest BCUT2D eigenvalue weighted by atomic mass is 16.2. The Morgan fingerprint density at radius 2 is 1.95 bits per heavy atom. The first-order chi connectivity index (χ1) is 9.55. The second-order valence-electron chi connectivity index (χ2n) is 6.76. The number of anilines is 1. The van der Waals surface area contributed by atoms with Crippen LogP contribution in [0.4, 0.5) is 5.69 Å². The Morgan fingerprint density at radius 3 is 2.60 bits per heavy atom. The Morgan fingerprint density at radius 1 is 1.25 bits per heavy atom. The summed E-state index contributed by atoms with van der Waals surface area (Å²) in [6.45, 7) is 6.21. The third-order valence-corrected chi connectivity index (χ3v) is 5.28. The number of fused-ring (bicyclic) bond motifs is 1. The first-order valence-corrected chi connectivity index (χ1v) is 7.95. The van der Waals surface area contributed by atoms with Gasteiger partial charge in [-0.1, -0.05) is 44.4 Å². The van der Waals surface area contributed by atoms with Gasteiger partial charge in [0.25, 0.3) is 0 Å². The maximum absolute atomic E-state index is 12.4. The zero-order valence-corrected chi connectivity index (χ0v) is 12.9. The van der Waals surface area contributed by atoms with Crippen molar-refractivity contribution in [3.05, 3.63) is 29.3 Å². The molecule has 1 aromatic rings. The van der Waals surface area contributed by atoms with Crippen molar-refractivity contribution in [2.75, 3.05) is 4.90 Å². The molecule has 1 spiro atoms. The molecule has 1 heterocycles. The van der Waals surface area contributed by atoms with E-state index in [9.17, 15) is 4.79 Å². The molecule has 1 fully saturated rings. The number of amides is 1. The van der Waals surface area contributed by atoms with Gasteiger partial charge in [0.05, 0.1) is 5.69 Å². The van der Waals surface area contributed by atoms with Crippen LogP contribution in [0, 0.1) is 6.92 Å². The molecular formula is C18H25NO. The fourth-order valence-electron chi connectivity index (χ4n) is 4.52. The number of carbonyl (C=O) groups is 1. The molecule has 0 bridgehead atoms. The van der Waals surface area contributed by atoms with E-state index < -0.39 is 0 Å². The van der Waals surface area contributed by atoms with E-state index in [2.05, 4.69) is 36.9 Å². The number of carbonyl (C=O) groups excluding carboxylic acids is 1. The van der Waals surface area contributed by atoms with Crippen LogP contribution in [0.1, 0.15) is 69.4 Å². The van der Waals surface area contributed by atoms with Crippen LogP contribution in [0.15, 0.2) is 18.2 Å². The summed E-state index contributed by atoms with van der Waals surface area (Å²) < 4.78 is 0. The van der Waals surface area contributed by atoms with Gasteiger partial charge in [0.15, 0.2) is 0 Å². The van der Waals surface area contributed by atoms with Crippen molar-refractivity contribution in [3.8, 4) is 0 Å². The number of hydrogen-bond acceptors (Lipinski definition) is 1. The molecule has 20 heavy (non-hydrogen) atoms. The van der Waals surface area contributed by atoms with Gasteiger partial charge in [0.1, 0.15) is 0 Å². The molecule has 0 saturated heterocycles. The average molecular weight is 271 g/mol. The fourth-order valence-corrected chi connectivity index (χ4v) is 4.52. The molecule has 108 valence electrons. The van der Waals surface area contributed by atoms with Crippen LogP contribution in [0.3, 0.4) is 0 Å². The SMILES string of the molecule is CC(=O)N1c2c(C)cccc2[C@H](C)CC12CCCCC2. The molecule has 0 radical (unpaired) electrons. The number of aryl methyl sites for hydroxylation is 1. The first-order valence-electron chi connectivity index (χ1n) is 7.95. The topological polar surface area (TPSA) is 20.3 Å². The smallest absolute Gasteiger partial charge is 0.224 e. The van der Waals surface area contributed by atoms with Crippen LogP contribution in [-0.4, -0.2) is 11.4 Å². The van der Waals surface area contributed by atoms with Gasteiger partial charge >= 0.3 is 0 Å². The lowest BCUT2D eigenvalue weighted by molar-refractivity contribution is -0.118. The molecule has 1 aliphatic carbocycles. The molecule has 2 heteroatoms. The van der Waals surface area contributed by atoms with E-state index in [0.717, 1.165) is 6.42 Å². The minimum Gasteiger partial charge on any atom is -0.306 e. The van der Waals surface area contributed by atoms with Crippen molar-refractivity contribution < 1.29 is 4.79 Å². The minimum atomic E-state index is 0.0859. The Kier molecular flexibility index (Phi) is 3.35. The molecular weight excluding hydrogens is 246 g/mol. The van der Waals surface area contributed by atoms with Gasteiger partial charge < -0.3 is 4.90 Å². The van der Waals surface area contributed by atoms with E-state index in [4.69, 9.17) is 0 Å². The second-order valence-corrected chi connectivity index (χ2v) is 6.76. The van der Waals surface area contributed by atoms with Crippen LogP contribution in [-0.2, 0) is 4.79 Å². The maximum Gasteiger partial charge on any atom is 0.224 e. The van der Waals surface area contributed by atoms with Gasteiger partial charge in [0, 0.05) is 12.5 Å². The lowest BCUT2D eigenvalue weighted by atomic mass is 9.70. The first kappa shape index (κ1) is 13.7. The van der Waals surface area contributed by atoms with Gasteiger partial charge in [-0.25, -0.2) is 0 Å². The van der Waals surface area contributed by atoms with Gasteiger partial charge in [-0.3, -0.25) is 4.79 Å². The highest BCUT2D eigenvalue weighted by molar-refractivity contribution is 5.95. The monoisotopic (exact) mass is 271 g/mol. The molecule has 1 saturated carbocycles. The molecule has 1 amide bonds. The number of rotatable bonds is 0. The van der Waals surface area contributed by atoms with E-state index >= 15 is 0 Å². The predicted molar refractivity (Wildman–Crippen MR) is 83.2 cm³/mol. The third kappa shape index (κ3) is 1.97. The van der Waals surface area contributed by atoms with Crippen molar-refractivity contribution in [1.82, 2.24) is 0 Å². The molecule has 1 aromatic carbocycles. The van der Waals surface area contributed by atoms with Crippen molar-refractivity contribution in [1.29, 1.82) is 0 Å². The second kappa shape index (κ2) is 4.91. The van der Waals surface area contributed by atoms with Gasteiger partial charge in [-0.15, -0.1) is 0 Å². The maximum atomic E-state index is 12.4. The molecule has 1 aliphatic heterocycles. The molecule has 0 N–H and O–H groups in total. The van der Waals surface area contributed by atoms with Gasteiger partial charge in [0.2, 0.25) is 5.91 Å². The lowest BCUT2D eigenvalue weighted by Crippen LogP contribution is -2.56. The lowest BCUT2D eigenvalue weighted by Gasteiger charge is -2.52. The number of benzene rings is 1. The Labute approximate surface area is 122 Å². The Balaban J connectivity index is 2.17. The van der Waals surface area contributed by atoms with E-state index in [-0.39, 0.29) is 11.4 Å². The Hall–Kier alpha value is -1.31. The van der Waals surface area contributed by atoms with Crippen LogP contribution < -0.4 is 4.90 Å². The number of para-hydroxylation sites is 1. The molecule has 0 aromatic heterocycles. The van der Waals surface area contributed by atoms with E-state index in [1.54, 1.807) is 6.92 Å². The van der Waals surface area contributed by atoms with Crippen molar-refractivity contribution in [2.45, 2.75) is 70.8 Å². The molecule has 3 rings (SSSR count). The van der Waals surface area contributed by atoms with Crippen LogP contribution in [0.2, 0.25) is 0 Å². The summed E-state index contributed by atoms with van der Waals surface area (Å²) >= 11 is 0. The zero-order valence-electron chi connectivity index (χ0n) is 12.9. The Bertz CT molecular complexity index is 528. The van der Waals surface area contributed by atoms with Crippen molar-refractivity contribution >= 4 is 11.6 Å². The van der Waals surface area contributed by atoms with E-state index in [0.29, 0.717) is 5.92 Å². The van der Waals surface area contributed by atoms with Crippen LogP contribution in [0.5, 0.6) is 0 Å². The van der Waals surface area contributed by atoms with Gasteiger partial charge in [-0.2, -0.15) is 0 Å². The molecule has 2 aliphatic rings. The fraction of sp³-hybridized carbons (Fsp3) is 0.611. The highest BCUT2D eigenvalue weighted by Crippen LogP contribution is 2.50. The quantitative estimate of drug-likeness (QED) is 0.677. The number of hydrogen-bond donors (Lipinski definition) is 0.